The number of aromatic hydroxyl groups is 1. The Morgan fingerprint density at radius 3 is 2.61 bits per heavy atom. The number of nitrogens with zero attached hydrogens (tertiary/aromatic N) is 1. The second-order valence-corrected chi connectivity index (χ2v) is 6.69. The zero-order valence-electron chi connectivity index (χ0n) is 15.3. The quantitative estimate of drug-likeness (QED) is 0.771. The number of fused-ring (bicyclic) bond motifs is 2. The van der Waals surface area contributed by atoms with Gasteiger partial charge in [-0.25, -0.2) is 0 Å². The fraction of sp³-hybridized carbons (Fsp3) is 0.300. The first-order valence-electron chi connectivity index (χ1n) is 8.74. The minimum atomic E-state index is -1.57. The molecule has 2 atom stereocenters. The Morgan fingerprint density at radius 2 is 1.93 bits per heavy atom. The molecule has 2 aliphatic heterocycles. The number of ether oxygens (including phenoxy) is 3. The molecular formula is C20H19NO7. The molecule has 2 aromatic rings. The molecule has 0 aliphatic carbocycles. The van der Waals surface area contributed by atoms with Gasteiger partial charge >= 0.3 is 5.97 Å². The molecule has 0 aromatic heterocycles. The van der Waals surface area contributed by atoms with Crippen molar-refractivity contribution in [3.05, 3.63) is 47.5 Å². The first-order chi connectivity index (χ1) is 13.4. The molecule has 0 bridgehead atoms. The number of phenolic OH excluding ortho intramolecular Hbond substituents is 1. The lowest BCUT2D eigenvalue weighted by Gasteiger charge is -2.30. The molecule has 8 heteroatoms. The summed E-state index contributed by atoms with van der Waals surface area (Å²) in [6, 6.07) is 9.75. The monoisotopic (exact) mass is 385 g/mol. The van der Waals surface area contributed by atoms with Gasteiger partial charge in [-0.3, -0.25) is 14.5 Å². The van der Waals surface area contributed by atoms with E-state index >= 15 is 0 Å². The summed E-state index contributed by atoms with van der Waals surface area (Å²) in [6.45, 7) is 2.23. The molecule has 0 spiro atoms. The fourth-order valence-corrected chi connectivity index (χ4v) is 3.90. The van der Waals surface area contributed by atoms with E-state index in [4.69, 9.17) is 14.2 Å². The van der Waals surface area contributed by atoms with Crippen LogP contribution in [0.2, 0.25) is 0 Å². The van der Waals surface area contributed by atoms with Crippen molar-refractivity contribution in [2.75, 3.05) is 18.3 Å². The molecule has 2 aromatic carbocycles. The van der Waals surface area contributed by atoms with Crippen molar-refractivity contribution in [3.63, 3.8) is 0 Å². The number of aliphatic hydroxyl groups excluding tert-OH is 1. The number of hydrogen-bond acceptors (Lipinski definition) is 7. The molecule has 8 nitrogen and oxygen atoms in total. The molecule has 0 saturated heterocycles. The van der Waals surface area contributed by atoms with Crippen molar-refractivity contribution in [1.82, 2.24) is 0 Å². The van der Waals surface area contributed by atoms with Crippen molar-refractivity contribution in [2.24, 2.45) is 0 Å². The van der Waals surface area contributed by atoms with Crippen LogP contribution in [0.15, 0.2) is 36.4 Å². The number of para-hydroxylation sites is 1. The van der Waals surface area contributed by atoms with Crippen LogP contribution in [0, 0.1) is 0 Å². The minimum Gasteiger partial charge on any atom is -0.507 e. The van der Waals surface area contributed by atoms with Gasteiger partial charge < -0.3 is 24.4 Å². The van der Waals surface area contributed by atoms with E-state index in [9.17, 15) is 19.8 Å². The molecule has 1 amide bonds. The van der Waals surface area contributed by atoms with E-state index in [2.05, 4.69) is 0 Å². The van der Waals surface area contributed by atoms with Gasteiger partial charge in [0.25, 0.3) is 0 Å². The first kappa shape index (κ1) is 18.1. The highest BCUT2D eigenvalue weighted by Gasteiger charge is 2.55. The molecule has 0 saturated carbocycles. The Bertz CT molecular complexity index is 973. The zero-order chi connectivity index (χ0) is 20.1. The van der Waals surface area contributed by atoms with Gasteiger partial charge in [0.1, 0.15) is 11.2 Å². The third-order valence-electron chi connectivity index (χ3n) is 5.10. The predicted molar refractivity (Wildman–Crippen MR) is 97.3 cm³/mol. The van der Waals surface area contributed by atoms with E-state index in [-0.39, 0.29) is 18.1 Å². The fourth-order valence-electron chi connectivity index (χ4n) is 3.90. The van der Waals surface area contributed by atoms with Gasteiger partial charge in [-0.05, 0) is 24.6 Å². The molecule has 0 radical (unpaired) electrons. The van der Waals surface area contributed by atoms with Gasteiger partial charge in [0.05, 0.1) is 12.3 Å². The summed E-state index contributed by atoms with van der Waals surface area (Å²) in [7, 11) is 0. The zero-order valence-corrected chi connectivity index (χ0v) is 15.3. The average Bonchev–Trinajstić information content (AvgIpc) is 3.20. The van der Waals surface area contributed by atoms with Gasteiger partial charge in [-0.1, -0.05) is 18.2 Å². The topological polar surface area (TPSA) is 106 Å². The molecule has 4 rings (SSSR count). The summed E-state index contributed by atoms with van der Waals surface area (Å²) in [5, 5.41) is 21.0. The predicted octanol–water partition coefficient (Wildman–Crippen LogP) is 1.66. The van der Waals surface area contributed by atoms with E-state index in [0.717, 1.165) is 0 Å². The van der Waals surface area contributed by atoms with Crippen molar-refractivity contribution in [2.45, 2.75) is 25.5 Å². The third kappa shape index (κ3) is 2.41. The van der Waals surface area contributed by atoms with Crippen LogP contribution in [-0.4, -0.2) is 41.7 Å². The number of phenols is 1. The van der Waals surface area contributed by atoms with Gasteiger partial charge in [-0.15, -0.1) is 0 Å². The third-order valence-corrected chi connectivity index (χ3v) is 5.10. The lowest BCUT2D eigenvalue weighted by molar-refractivity contribution is -0.146. The van der Waals surface area contributed by atoms with E-state index in [1.54, 1.807) is 31.2 Å². The lowest BCUT2D eigenvalue weighted by atomic mass is 9.75. The number of aliphatic hydroxyl groups is 1. The highest BCUT2D eigenvalue weighted by Crippen LogP contribution is 2.51. The average molecular weight is 385 g/mol. The number of rotatable bonds is 4. The Morgan fingerprint density at radius 1 is 1.25 bits per heavy atom. The Balaban J connectivity index is 1.92. The standard InChI is InChI=1S/C20H19NO7/c1-11(28-12(2)23)21-15-6-4-3-5-13(15)20(9-22,19(21)25)14-7-17-18(8-16(14)24)27-10-26-17/h3-8,11,22,24H,9-10H2,1-2H3. The van der Waals surface area contributed by atoms with E-state index in [0.29, 0.717) is 22.7 Å². The number of amides is 1. The maximum Gasteiger partial charge on any atom is 0.304 e. The van der Waals surface area contributed by atoms with Crippen molar-refractivity contribution < 1.29 is 34.0 Å². The van der Waals surface area contributed by atoms with Crippen LogP contribution in [-0.2, 0) is 19.7 Å². The molecule has 2 N–H and O–H groups in total. The highest BCUT2D eigenvalue weighted by molar-refractivity contribution is 6.11. The van der Waals surface area contributed by atoms with Gasteiger partial charge in [0.2, 0.25) is 12.7 Å². The summed E-state index contributed by atoms with van der Waals surface area (Å²) in [5.41, 5.74) is -0.395. The molecule has 146 valence electrons. The first-order valence-corrected chi connectivity index (χ1v) is 8.74. The Labute approximate surface area is 160 Å². The number of carbonyl (C=O) groups is 2. The largest absolute Gasteiger partial charge is 0.507 e. The second kappa shape index (κ2) is 6.42. The molecule has 0 fully saturated rings. The SMILES string of the molecule is CC(=O)OC(C)N1C(=O)C(CO)(c2cc3c(cc2O)OCO3)c2ccccc21. The summed E-state index contributed by atoms with van der Waals surface area (Å²) in [4.78, 5) is 26.3. The number of anilines is 1. The second-order valence-electron chi connectivity index (χ2n) is 6.69. The molecule has 28 heavy (non-hydrogen) atoms. The van der Waals surface area contributed by atoms with E-state index in [1.165, 1.54) is 24.0 Å². The normalized spacial score (nSPS) is 20.8. The van der Waals surface area contributed by atoms with Crippen LogP contribution in [0.5, 0.6) is 17.2 Å². The smallest absolute Gasteiger partial charge is 0.304 e. The number of hydrogen-bond donors (Lipinski definition) is 2. The lowest BCUT2D eigenvalue weighted by Crippen LogP contribution is -2.48. The van der Waals surface area contributed by atoms with Crippen LogP contribution < -0.4 is 14.4 Å². The number of esters is 1. The number of benzene rings is 2. The van der Waals surface area contributed by atoms with Gasteiger partial charge in [-0.2, -0.15) is 0 Å². The van der Waals surface area contributed by atoms with Gasteiger partial charge in [0, 0.05) is 18.6 Å². The van der Waals surface area contributed by atoms with Crippen LogP contribution in [0.3, 0.4) is 0 Å². The molecular weight excluding hydrogens is 366 g/mol. The van der Waals surface area contributed by atoms with Crippen molar-refractivity contribution in [3.8, 4) is 17.2 Å². The van der Waals surface area contributed by atoms with Gasteiger partial charge in [0.15, 0.2) is 17.7 Å². The molecule has 2 unspecified atom stereocenters. The van der Waals surface area contributed by atoms with Crippen molar-refractivity contribution in [1.29, 1.82) is 0 Å². The Hall–Kier alpha value is -3.26. The minimum absolute atomic E-state index is 0.00446. The maximum atomic E-state index is 13.6. The van der Waals surface area contributed by atoms with Crippen LogP contribution in [0.4, 0.5) is 5.69 Å². The van der Waals surface area contributed by atoms with Crippen LogP contribution in [0.1, 0.15) is 25.0 Å². The summed E-state index contributed by atoms with van der Waals surface area (Å²) in [6.07, 6.45) is -0.893. The molecule has 2 aliphatic rings. The van der Waals surface area contributed by atoms with E-state index in [1.807, 2.05) is 0 Å². The summed E-state index contributed by atoms with van der Waals surface area (Å²) < 4.78 is 15.9. The Kier molecular flexibility index (Phi) is 4.15. The highest BCUT2D eigenvalue weighted by atomic mass is 16.7. The summed E-state index contributed by atoms with van der Waals surface area (Å²) in [5.74, 6) is -0.525. The van der Waals surface area contributed by atoms with Crippen LogP contribution in [0.25, 0.3) is 0 Å². The maximum absolute atomic E-state index is 13.6. The van der Waals surface area contributed by atoms with Crippen LogP contribution >= 0.6 is 0 Å². The van der Waals surface area contributed by atoms with Crippen molar-refractivity contribution >= 4 is 17.6 Å². The molecule has 2 heterocycles. The summed E-state index contributed by atoms with van der Waals surface area (Å²) >= 11 is 0. The van der Waals surface area contributed by atoms with E-state index < -0.39 is 30.1 Å². The number of carbonyl (C=O) groups excluding carboxylic acids is 2.